The topological polar surface area (TPSA) is 69.4 Å². The third kappa shape index (κ3) is 5.21. The van der Waals surface area contributed by atoms with Crippen LogP contribution in [0.2, 0.25) is 0 Å². The number of para-hydroxylation sites is 1. The van der Waals surface area contributed by atoms with Crippen LogP contribution in [0.1, 0.15) is 35.0 Å². The molecular weight excluding hydrogens is 479 g/mol. The molecule has 0 bridgehead atoms. The van der Waals surface area contributed by atoms with Crippen LogP contribution in [0.3, 0.4) is 0 Å². The predicted molar refractivity (Wildman–Crippen MR) is 142 cm³/mol. The van der Waals surface area contributed by atoms with E-state index in [1.165, 1.54) is 16.8 Å². The summed E-state index contributed by atoms with van der Waals surface area (Å²) in [5.74, 6) is 0.114. The van der Waals surface area contributed by atoms with Gasteiger partial charge in [-0.25, -0.2) is 9.37 Å². The van der Waals surface area contributed by atoms with Gasteiger partial charge in [0.05, 0.1) is 23.0 Å². The molecule has 0 saturated heterocycles. The molecule has 0 radical (unpaired) electrons. The van der Waals surface area contributed by atoms with Gasteiger partial charge in [-0.05, 0) is 50.6 Å². The molecule has 3 heterocycles. The van der Waals surface area contributed by atoms with Crippen LogP contribution in [0.25, 0.3) is 10.9 Å². The third-order valence-electron chi connectivity index (χ3n) is 5.91. The van der Waals surface area contributed by atoms with Gasteiger partial charge in [-0.15, -0.1) is 0 Å². The minimum atomic E-state index is -0.485. The van der Waals surface area contributed by atoms with Crippen LogP contribution in [0, 0.1) is 19.7 Å². The number of fused-ring (bicyclic) bond motifs is 1. The van der Waals surface area contributed by atoms with E-state index in [2.05, 4.69) is 9.98 Å². The highest BCUT2D eigenvalue weighted by atomic mass is 35.5. The number of allylic oxidation sites excluding steroid dienone is 2. The first-order valence-corrected chi connectivity index (χ1v) is 11.8. The second kappa shape index (κ2) is 10.8. The summed E-state index contributed by atoms with van der Waals surface area (Å²) >= 11 is 6.45. The van der Waals surface area contributed by atoms with Crippen LogP contribution in [0.4, 0.5) is 4.39 Å². The maximum absolute atomic E-state index is 13.7. The Balaban J connectivity index is 1.72. The van der Waals surface area contributed by atoms with E-state index in [0.717, 1.165) is 33.8 Å². The number of nitrogens with zero attached hydrogens (tertiary/aromatic N) is 4. The first-order chi connectivity index (χ1) is 17.3. The molecule has 36 heavy (non-hydrogen) atoms. The number of hydrogen-bond donors (Lipinski definition) is 0. The highest BCUT2D eigenvalue weighted by Crippen LogP contribution is 2.30. The van der Waals surface area contributed by atoms with Gasteiger partial charge >= 0.3 is 0 Å². The van der Waals surface area contributed by atoms with Gasteiger partial charge in [0.1, 0.15) is 23.7 Å². The highest BCUT2D eigenvalue weighted by Gasteiger charge is 2.16. The number of aryl methyl sites for hydroxylation is 2. The fraction of sp³-hybridized carbons (Fsp3) is 0.214. The second-order valence-electron chi connectivity index (χ2n) is 8.33. The molecule has 0 aliphatic rings. The van der Waals surface area contributed by atoms with Crippen molar-refractivity contribution in [2.45, 2.75) is 33.9 Å². The van der Waals surface area contributed by atoms with E-state index in [4.69, 9.17) is 21.3 Å². The zero-order valence-corrected chi connectivity index (χ0v) is 21.3. The standard InChI is InChI=1S/C28H26ClFN4O2/c1-5-23(29)27(31-4)21-13-18(3)33-28-20(21)7-6-8-25(28)36-16-22-17(2)11-12-32-24(22)15-34-14-19(30)9-10-26(34)35/h5-14H,15-16H2,1-4H3/b23-5+,31-27-. The minimum Gasteiger partial charge on any atom is -0.487 e. The predicted octanol–water partition coefficient (Wildman–Crippen LogP) is 5.74. The lowest BCUT2D eigenvalue weighted by Crippen LogP contribution is -2.21. The minimum absolute atomic E-state index is 0.131. The molecule has 0 amide bonds. The van der Waals surface area contributed by atoms with Crippen LogP contribution in [-0.2, 0) is 13.2 Å². The van der Waals surface area contributed by atoms with Crippen LogP contribution < -0.4 is 10.3 Å². The van der Waals surface area contributed by atoms with Crippen LogP contribution in [0.15, 0.2) is 75.8 Å². The molecular formula is C28H26ClFN4O2. The first kappa shape index (κ1) is 25.3. The Morgan fingerprint density at radius 3 is 2.78 bits per heavy atom. The lowest BCUT2D eigenvalue weighted by molar-refractivity contribution is 0.306. The molecule has 0 unspecified atom stereocenters. The molecule has 4 rings (SSSR count). The smallest absolute Gasteiger partial charge is 0.251 e. The summed E-state index contributed by atoms with van der Waals surface area (Å²) in [5.41, 5.74) is 5.16. The Labute approximate surface area is 213 Å². The zero-order chi connectivity index (χ0) is 25.8. The molecule has 1 aromatic carbocycles. The number of aliphatic imine (C=N–C) groups is 1. The second-order valence-corrected chi connectivity index (χ2v) is 8.73. The molecule has 184 valence electrons. The fourth-order valence-electron chi connectivity index (χ4n) is 4.07. The third-order valence-corrected chi connectivity index (χ3v) is 6.30. The van der Waals surface area contributed by atoms with Crippen LogP contribution in [0.5, 0.6) is 5.75 Å². The van der Waals surface area contributed by atoms with Crippen molar-refractivity contribution in [3.63, 3.8) is 0 Å². The monoisotopic (exact) mass is 504 g/mol. The Hall–Kier alpha value is -3.84. The lowest BCUT2D eigenvalue weighted by atomic mass is 10.0. The van der Waals surface area contributed by atoms with E-state index >= 15 is 0 Å². The lowest BCUT2D eigenvalue weighted by Gasteiger charge is -2.16. The maximum atomic E-state index is 13.7. The van der Waals surface area contributed by atoms with Gasteiger partial charge in [0, 0.05) is 47.7 Å². The quantitative estimate of drug-likeness (QED) is 0.301. The molecule has 6 nitrogen and oxygen atoms in total. The Morgan fingerprint density at radius 2 is 2.03 bits per heavy atom. The summed E-state index contributed by atoms with van der Waals surface area (Å²) in [6.07, 6.45) is 4.66. The summed E-state index contributed by atoms with van der Waals surface area (Å²) in [7, 11) is 1.71. The normalized spacial score (nSPS) is 12.3. The number of rotatable bonds is 7. The van der Waals surface area contributed by atoms with Gasteiger partial charge in [-0.2, -0.15) is 0 Å². The average molecular weight is 505 g/mol. The summed E-state index contributed by atoms with van der Waals surface area (Å²) in [4.78, 5) is 25.8. The maximum Gasteiger partial charge on any atom is 0.251 e. The molecule has 0 saturated carbocycles. The summed E-state index contributed by atoms with van der Waals surface area (Å²) < 4.78 is 21.3. The van der Waals surface area contributed by atoms with E-state index in [1.54, 1.807) is 13.2 Å². The van der Waals surface area contributed by atoms with E-state index in [-0.39, 0.29) is 18.7 Å². The SMILES string of the molecule is C/C=C(Cl)\C(=N/C)c1cc(C)nc2c(OCc3c(C)ccnc3Cn3cc(F)ccc3=O)cccc12. The Bertz CT molecular complexity index is 1560. The van der Waals surface area contributed by atoms with Crippen molar-refractivity contribution in [3.8, 4) is 5.75 Å². The van der Waals surface area contributed by atoms with E-state index in [0.29, 0.717) is 27.7 Å². The van der Waals surface area contributed by atoms with Gasteiger partial charge in [-0.3, -0.25) is 14.8 Å². The van der Waals surface area contributed by atoms with E-state index in [1.807, 2.05) is 57.2 Å². The molecule has 0 fully saturated rings. The number of pyridine rings is 3. The number of halogens is 2. The molecule has 3 aromatic heterocycles. The highest BCUT2D eigenvalue weighted by molar-refractivity contribution is 6.47. The first-order valence-electron chi connectivity index (χ1n) is 11.4. The Kier molecular flexibility index (Phi) is 7.60. The zero-order valence-electron chi connectivity index (χ0n) is 20.5. The summed E-state index contributed by atoms with van der Waals surface area (Å²) in [5, 5.41) is 1.42. The van der Waals surface area contributed by atoms with Gasteiger partial charge < -0.3 is 9.30 Å². The molecule has 0 aliphatic heterocycles. The van der Waals surface area contributed by atoms with Crippen molar-refractivity contribution in [1.82, 2.24) is 14.5 Å². The van der Waals surface area contributed by atoms with Crippen molar-refractivity contribution in [3.05, 3.63) is 110 Å². The summed E-state index contributed by atoms with van der Waals surface area (Å²) in [6.45, 7) is 6.06. The summed E-state index contributed by atoms with van der Waals surface area (Å²) in [6, 6.07) is 11.9. The van der Waals surface area contributed by atoms with Gasteiger partial charge in [0.15, 0.2) is 0 Å². The number of hydrogen-bond acceptors (Lipinski definition) is 5. The molecule has 0 spiro atoms. The van der Waals surface area contributed by atoms with Crippen LogP contribution >= 0.6 is 11.6 Å². The number of aromatic nitrogens is 3. The van der Waals surface area contributed by atoms with E-state index in [9.17, 15) is 9.18 Å². The van der Waals surface area contributed by atoms with Crippen molar-refractivity contribution >= 4 is 28.2 Å². The average Bonchev–Trinajstić information content (AvgIpc) is 2.86. The molecule has 8 heteroatoms. The van der Waals surface area contributed by atoms with Gasteiger partial charge in [0.2, 0.25) is 0 Å². The molecule has 0 atom stereocenters. The van der Waals surface area contributed by atoms with Crippen molar-refractivity contribution in [2.75, 3.05) is 7.05 Å². The largest absolute Gasteiger partial charge is 0.487 e. The van der Waals surface area contributed by atoms with Crippen molar-refractivity contribution in [1.29, 1.82) is 0 Å². The molecule has 0 aliphatic carbocycles. The van der Waals surface area contributed by atoms with Gasteiger partial charge in [0.25, 0.3) is 5.56 Å². The van der Waals surface area contributed by atoms with Crippen molar-refractivity contribution < 1.29 is 9.13 Å². The van der Waals surface area contributed by atoms with E-state index < -0.39 is 5.82 Å². The Morgan fingerprint density at radius 1 is 1.22 bits per heavy atom. The molecule has 0 N–H and O–H groups in total. The number of ether oxygens (including phenoxy) is 1. The fourth-order valence-corrected chi connectivity index (χ4v) is 4.26. The van der Waals surface area contributed by atoms with Crippen molar-refractivity contribution in [2.24, 2.45) is 4.99 Å². The number of benzene rings is 1. The molecule has 4 aromatic rings. The van der Waals surface area contributed by atoms with Gasteiger partial charge in [-0.1, -0.05) is 29.8 Å². The van der Waals surface area contributed by atoms with Crippen LogP contribution in [-0.4, -0.2) is 27.3 Å².